The number of rotatable bonds is 6. The molecule has 140 valence electrons. The summed E-state index contributed by atoms with van der Waals surface area (Å²) in [6.07, 6.45) is -2.34. The highest BCUT2D eigenvalue weighted by Gasteiger charge is 2.30. The van der Waals surface area contributed by atoms with Crippen molar-refractivity contribution in [2.75, 3.05) is 22.9 Å². The highest BCUT2D eigenvalue weighted by molar-refractivity contribution is 5.77. The van der Waals surface area contributed by atoms with Gasteiger partial charge in [-0.25, -0.2) is 9.97 Å². The van der Waals surface area contributed by atoms with Crippen molar-refractivity contribution in [1.82, 2.24) is 9.97 Å². The number of nitrogens with zero attached hydrogens (tertiary/aromatic N) is 2. The van der Waals surface area contributed by atoms with Gasteiger partial charge in [0.05, 0.1) is 5.56 Å². The van der Waals surface area contributed by atoms with Crippen LogP contribution in [0, 0.1) is 0 Å². The third kappa shape index (κ3) is 4.87. The van der Waals surface area contributed by atoms with Crippen molar-refractivity contribution in [3.05, 3.63) is 72.1 Å². The summed E-state index contributed by atoms with van der Waals surface area (Å²) in [6, 6.07) is 14.8. The average Bonchev–Trinajstić information content (AvgIpc) is 2.65. The number of hydrogen-bond donors (Lipinski definition) is 3. The number of anilines is 4. The Kier molecular flexibility index (Phi) is 5.44. The van der Waals surface area contributed by atoms with E-state index in [-0.39, 0.29) is 17.2 Å². The molecule has 8 heteroatoms. The van der Waals surface area contributed by atoms with Gasteiger partial charge in [-0.15, -0.1) is 0 Å². The van der Waals surface area contributed by atoms with Gasteiger partial charge in [0.15, 0.2) is 11.6 Å². The van der Waals surface area contributed by atoms with Crippen molar-refractivity contribution in [3.63, 3.8) is 0 Å². The monoisotopic (exact) mass is 373 g/mol. The number of nitrogen functional groups attached to an aromatic ring is 1. The molecule has 0 fully saturated rings. The second-order valence-corrected chi connectivity index (χ2v) is 5.85. The number of hydrogen-bond acceptors (Lipinski definition) is 5. The number of nitrogens with two attached hydrogens (primary N) is 1. The Morgan fingerprint density at radius 3 is 2.41 bits per heavy atom. The zero-order valence-corrected chi connectivity index (χ0v) is 14.3. The largest absolute Gasteiger partial charge is 0.416 e. The lowest BCUT2D eigenvalue weighted by molar-refractivity contribution is -0.137. The number of benzene rings is 2. The predicted molar refractivity (Wildman–Crippen MR) is 99.8 cm³/mol. The summed E-state index contributed by atoms with van der Waals surface area (Å²) < 4.78 is 38.5. The third-order valence-corrected chi connectivity index (χ3v) is 3.89. The van der Waals surface area contributed by atoms with Crippen LogP contribution in [-0.2, 0) is 12.6 Å². The normalized spacial score (nSPS) is 11.2. The number of halogens is 3. The van der Waals surface area contributed by atoms with Crippen LogP contribution in [0.5, 0.6) is 0 Å². The molecule has 5 nitrogen and oxygen atoms in total. The second-order valence-electron chi connectivity index (χ2n) is 5.85. The number of nitrogens with one attached hydrogen (secondary N) is 2. The molecule has 0 amide bonds. The molecule has 0 radical (unpaired) electrons. The minimum absolute atomic E-state index is 0.239. The molecule has 0 unspecified atom stereocenters. The summed E-state index contributed by atoms with van der Waals surface area (Å²) in [5, 5.41) is 5.94. The highest BCUT2D eigenvalue weighted by atomic mass is 19.4. The van der Waals surface area contributed by atoms with E-state index in [1.807, 2.05) is 30.3 Å². The van der Waals surface area contributed by atoms with Crippen LogP contribution in [-0.4, -0.2) is 16.5 Å². The van der Waals surface area contributed by atoms with Gasteiger partial charge in [-0.3, -0.25) is 0 Å². The molecule has 0 aliphatic carbocycles. The maximum absolute atomic E-state index is 12.8. The fourth-order valence-corrected chi connectivity index (χ4v) is 2.52. The molecule has 1 aromatic heterocycles. The molecule has 0 saturated heterocycles. The van der Waals surface area contributed by atoms with Gasteiger partial charge < -0.3 is 16.4 Å². The van der Waals surface area contributed by atoms with Crippen LogP contribution in [0.25, 0.3) is 0 Å². The second kappa shape index (κ2) is 7.94. The van der Waals surface area contributed by atoms with Gasteiger partial charge in [0, 0.05) is 12.2 Å². The van der Waals surface area contributed by atoms with Crippen molar-refractivity contribution in [2.24, 2.45) is 0 Å². The van der Waals surface area contributed by atoms with Crippen LogP contribution in [0.2, 0.25) is 0 Å². The average molecular weight is 373 g/mol. The number of alkyl halides is 3. The maximum Gasteiger partial charge on any atom is 0.416 e. The molecule has 0 saturated carbocycles. The Bertz CT molecular complexity index is 897. The van der Waals surface area contributed by atoms with E-state index in [4.69, 9.17) is 5.73 Å². The molecule has 3 rings (SSSR count). The predicted octanol–water partition coefficient (Wildman–Crippen LogP) is 4.48. The van der Waals surface area contributed by atoms with Gasteiger partial charge >= 0.3 is 6.18 Å². The van der Waals surface area contributed by atoms with Crippen molar-refractivity contribution < 1.29 is 13.2 Å². The lowest BCUT2D eigenvalue weighted by Crippen LogP contribution is -2.11. The fourth-order valence-electron chi connectivity index (χ4n) is 2.52. The van der Waals surface area contributed by atoms with Gasteiger partial charge in [-0.1, -0.05) is 36.4 Å². The van der Waals surface area contributed by atoms with Crippen LogP contribution < -0.4 is 16.4 Å². The third-order valence-electron chi connectivity index (χ3n) is 3.89. The SMILES string of the molecule is Nc1c(NCCc2ccccc2)ncnc1Nc1cccc(C(F)(F)F)c1. The molecular weight excluding hydrogens is 355 g/mol. The molecule has 0 aliphatic heterocycles. The maximum atomic E-state index is 12.8. The summed E-state index contributed by atoms with van der Waals surface area (Å²) in [7, 11) is 0. The lowest BCUT2D eigenvalue weighted by Gasteiger charge is -2.14. The molecule has 0 bridgehead atoms. The van der Waals surface area contributed by atoms with Gasteiger partial charge in [0.25, 0.3) is 0 Å². The summed E-state index contributed by atoms with van der Waals surface area (Å²) in [6.45, 7) is 0.605. The fraction of sp³-hybridized carbons (Fsp3) is 0.158. The number of aromatic nitrogens is 2. The molecule has 2 aromatic carbocycles. The molecule has 1 heterocycles. The van der Waals surface area contributed by atoms with E-state index >= 15 is 0 Å². The Labute approximate surface area is 154 Å². The van der Waals surface area contributed by atoms with Crippen molar-refractivity contribution in [3.8, 4) is 0 Å². The van der Waals surface area contributed by atoms with E-state index in [1.54, 1.807) is 0 Å². The first-order valence-electron chi connectivity index (χ1n) is 8.26. The lowest BCUT2D eigenvalue weighted by atomic mass is 10.1. The topological polar surface area (TPSA) is 75.9 Å². The van der Waals surface area contributed by atoms with E-state index in [0.717, 1.165) is 18.6 Å². The van der Waals surface area contributed by atoms with E-state index in [9.17, 15) is 13.2 Å². The van der Waals surface area contributed by atoms with Crippen molar-refractivity contribution >= 4 is 23.0 Å². The summed E-state index contributed by atoms with van der Waals surface area (Å²) in [4.78, 5) is 8.13. The minimum atomic E-state index is -4.42. The first-order chi connectivity index (χ1) is 12.9. The minimum Gasteiger partial charge on any atom is -0.393 e. The van der Waals surface area contributed by atoms with E-state index in [2.05, 4.69) is 20.6 Å². The standard InChI is InChI=1S/C19H18F3N5/c20-19(21,22)14-7-4-8-15(11-14)27-18-16(23)17(25-12-26-18)24-10-9-13-5-2-1-3-6-13/h1-8,11-12H,9-10,23H2,(H2,24,25,26,27). The molecule has 3 aromatic rings. The first kappa shape index (κ1) is 18.5. The van der Waals surface area contributed by atoms with Gasteiger partial charge in [0.1, 0.15) is 12.0 Å². The van der Waals surface area contributed by atoms with E-state index < -0.39 is 11.7 Å². The smallest absolute Gasteiger partial charge is 0.393 e. The Balaban J connectivity index is 1.69. The zero-order valence-electron chi connectivity index (χ0n) is 14.3. The van der Waals surface area contributed by atoms with Crippen molar-refractivity contribution in [1.29, 1.82) is 0 Å². The Morgan fingerprint density at radius 1 is 0.926 bits per heavy atom. The van der Waals surface area contributed by atoms with E-state index in [1.165, 1.54) is 24.0 Å². The summed E-state index contributed by atoms with van der Waals surface area (Å²) in [5.74, 6) is 0.668. The van der Waals surface area contributed by atoms with Crippen molar-refractivity contribution in [2.45, 2.75) is 12.6 Å². The summed E-state index contributed by atoms with van der Waals surface area (Å²) >= 11 is 0. The van der Waals surface area contributed by atoms with Crippen LogP contribution in [0.1, 0.15) is 11.1 Å². The molecular formula is C19H18F3N5. The van der Waals surface area contributed by atoms with Gasteiger partial charge in [-0.05, 0) is 30.2 Å². The highest BCUT2D eigenvalue weighted by Crippen LogP contribution is 2.32. The van der Waals surface area contributed by atoms with Crippen LogP contribution >= 0.6 is 0 Å². The molecule has 0 aliphatic rings. The Hall–Kier alpha value is -3.29. The van der Waals surface area contributed by atoms with Gasteiger partial charge in [0.2, 0.25) is 0 Å². The summed E-state index contributed by atoms with van der Waals surface area (Å²) in [5.41, 5.74) is 6.96. The van der Waals surface area contributed by atoms with Crippen LogP contribution in [0.15, 0.2) is 60.9 Å². The van der Waals surface area contributed by atoms with Gasteiger partial charge in [-0.2, -0.15) is 13.2 Å². The molecule has 0 atom stereocenters. The molecule has 0 spiro atoms. The van der Waals surface area contributed by atoms with E-state index in [0.29, 0.717) is 12.4 Å². The van der Waals surface area contributed by atoms with Crippen LogP contribution in [0.4, 0.5) is 36.2 Å². The Morgan fingerprint density at radius 2 is 1.67 bits per heavy atom. The quantitative estimate of drug-likeness (QED) is 0.594. The van der Waals surface area contributed by atoms with Crippen LogP contribution in [0.3, 0.4) is 0 Å². The zero-order chi connectivity index (χ0) is 19.3. The first-order valence-corrected chi connectivity index (χ1v) is 8.26. The molecule has 4 N–H and O–H groups in total. The molecule has 27 heavy (non-hydrogen) atoms.